The molecule has 0 aliphatic carbocycles. The van der Waals surface area contributed by atoms with Crippen LogP contribution >= 0.6 is 0 Å². The Hall–Kier alpha value is -4.76. The topological polar surface area (TPSA) is 76.5 Å². The van der Waals surface area contributed by atoms with Crippen molar-refractivity contribution in [3.05, 3.63) is 83.9 Å². The van der Waals surface area contributed by atoms with Gasteiger partial charge in [-0.2, -0.15) is 26.3 Å². The van der Waals surface area contributed by atoms with Crippen LogP contribution in [0.25, 0.3) is 0 Å². The number of hydrogen-bond acceptors (Lipinski definition) is 8. The summed E-state index contributed by atoms with van der Waals surface area (Å²) < 4.78 is 116. The number of anilines is 2. The second-order valence-electron chi connectivity index (χ2n) is 8.75. The van der Waals surface area contributed by atoms with Crippen molar-refractivity contribution in [2.75, 3.05) is 37.0 Å². The molecule has 42 heavy (non-hydrogen) atoms. The highest BCUT2D eigenvalue weighted by molar-refractivity contribution is 5.44. The molecule has 0 N–H and O–H groups in total. The summed E-state index contributed by atoms with van der Waals surface area (Å²) in [5.41, 5.74) is -2.95. The smallest absolute Gasteiger partial charge is 0.419 e. The molecule has 16 heteroatoms. The molecule has 0 aliphatic heterocycles. The first-order valence-electron chi connectivity index (χ1n) is 11.9. The zero-order valence-electron chi connectivity index (χ0n) is 21.7. The molecule has 0 fully saturated rings. The summed E-state index contributed by atoms with van der Waals surface area (Å²) in [6.07, 6.45) is -7.51. The van der Waals surface area contributed by atoms with Gasteiger partial charge in [0, 0.05) is 39.3 Å². The van der Waals surface area contributed by atoms with Crippen LogP contribution < -0.4 is 19.3 Å². The van der Waals surface area contributed by atoms with E-state index in [9.17, 15) is 35.1 Å². The summed E-state index contributed by atoms with van der Waals surface area (Å²) >= 11 is 0. The molecule has 0 unspecified atom stereocenters. The Bertz CT molecular complexity index is 1440. The second kappa shape index (κ2) is 12.0. The molecule has 0 radical (unpaired) electrons. The minimum Gasteiger partial charge on any atom is -0.439 e. The van der Waals surface area contributed by atoms with E-state index >= 15 is 0 Å². The fraction of sp³-hybridized carbons (Fsp3) is 0.231. The molecule has 0 saturated carbocycles. The lowest BCUT2D eigenvalue weighted by Gasteiger charge is -2.24. The van der Waals surface area contributed by atoms with Crippen LogP contribution in [0.3, 0.4) is 0 Å². The van der Waals surface area contributed by atoms with Gasteiger partial charge in [-0.15, -0.1) is 0 Å². The molecule has 2 aromatic carbocycles. The number of aromatic nitrogens is 4. The van der Waals surface area contributed by atoms with Gasteiger partial charge in [0.15, 0.2) is 0 Å². The van der Waals surface area contributed by atoms with E-state index in [1.165, 1.54) is 12.1 Å². The van der Waals surface area contributed by atoms with Crippen molar-refractivity contribution in [2.24, 2.45) is 0 Å². The lowest BCUT2D eigenvalue weighted by molar-refractivity contribution is -0.140. The zero-order valence-corrected chi connectivity index (χ0v) is 21.7. The van der Waals surface area contributed by atoms with E-state index in [4.69, 9.17) is 9.47 Å². The summed E-state index contributed by atoms with van der Waals surface area (Å²) in [4.78, 5) is 19.4. The molecule has 0 saturated heterocycles. The minimum atomic E-state index is -4.90. The van der Waals surface area contributed by atoms with Crippen LogP contribution in [0.5, 0.6) is 23.3 Å². The molecule has 2 heterocycles. The molecule has 4 aromatic rings. The number of halogens is 8. The van der Waals surface area contributed by atoms with E-state index in [-0.39, 0.29) is 23.3 Å². The van der Waals surface area contributed by atoms with Gasteiger partial charge in [0.05, 0.1) is 11.1 Å². The first kappa shape index (κ1) is 30.2. The van der Waals surface area contributed by atoms with Crippen LogP contribution in [0.4, 0.5) is 46.8 Å². The number of alkyl halides is 6. The Morgan fingerprint density at radius 1 is 0.595 bits per heavy atom. The first-order valence-corrected chi connectivity index (χ1v) is 11.9. The minimum absolute atomic E-state index is 0.0769. The SMILES string of the molecule is CN(CCN(C)c1cc(Oc2ccc(F)c(C(F)(F)F)c2)ncn1)c1cc(Oc2ccc(F)c(C(F)(F)F)c2)ncn1. The molecule has 4 rings (SSSR count). The first-order chi connectivity index (χ1) is 19.7. The van der Waals surface area contributed by atoms with Crippen LogP contribution in [0.2, 0.25) is 0 Å². The van der Waals surface area contributed by atoms with Gasteiger partial charge in [0.2, 0.25) is 11.8 Å². The monoisotopic (exact) mass is 600 g/mol. The Kier molecular flexibility index (Phi) is 8.63. The molecular weight excluding hydrogens is 580 g/mol. The maximum atomic E-state index is 13.6. The highest BCUT2D eigenvalue weighted by Gasteiger charge is 2.35. The molecule has 0 aliphatic rings. The quantitative estimate of drug-likeness (QED) is 0.196. The molecule has 0 amide bonds. The van der Waals surface area contributed by atoms with E-state index in [2.05, 4.69) is 19.9 Å². The Balaban J connectivity index is 1.39. The van der Waals surface area contributed by atoms with Gasteiger partial charge in [0.1, 0.15) is 47.4 Å². The number of likely N-dealkylation sites (N-methyl/N-ethyl adjacent to an activating group) is 2. The fourth-order valence-corrected chi connectivity index (χ4v) is 3.53. The molecule has 0 bridgehead atoms. The number of hydrogen-bond donors (Lipinski definition) is 0. The predicted molar refractivity (Wildman–Crippen MR) is 134 cm³/mol. The van der Waals surface area contributed by atoms with Gasteiger partial charge in [-0.1, -0.05) is 0 Å². The lowest BCUT2D eigenvalue weighted by Crippen LogP contribution is -2.31. The van der Waals surface area contributed by atoms with E-state index in [0.717, 1.165) is 24.8 Å². The fourth-order valence-electron chi connectivity index (χ4n) is 3.53. The molecule has 222 valence electrons. The third-order valence-electron chi connectivity index (χ3n) is 5.74. The van der Waals surface area contributed by atoms with Crippen molar-refractivity contribution in [3.8, 4) is 23.3 Å². The van der Waals surface area contributed by atoms with Crippen molar-refractivity contribution in [2.45, 2.75) is 12.4 Å². The third-order valence-corrected chi connectivity index (χ3v) is 5.74. The highest BCUT2D eigenvalue weighted by atomic mass is 19.4. The third kappa shape index (κ3) is 7.50. The van der Waals surface area contributed by atoms with Gasteiger partial charge in [0.25, 0.3) is 0 Å². The van der Waals surface area contributed by atoms with Crippen LogP contribution in [-0.2, 0) is 12.4 Å². The van der Waals surface area contributed by atoms with Crippen LogP contribution in [-0.4, -0.2) is 47.1 Å². The molecule has 8 nitrogen and oxygen atoms in total. The van der Waals surface area contributed by atoms with Crippen molar-refractivity contribution >= 4 is 11.6 Å². The summed E-state index contributed by atoms with van der Waals surface area (Å²) in [5, 5.41) is 0. The van der Waals surface area contributed by atoms with E-state index < -0.39 is 35.1 Å². The van der Waals surface area contributed by atoms with Crippen molar-refractivity contribution in [1.82, 2.24) is 19.9 Å². The van der Waals surface area contributed by atoms with Crippen molar-refractivity contribution in [1.29, 1.82) is 0 Å². The highest BCUT2D eigenvalue weighted by Crippen LogP contribution is 2.36. The average molecular weight is 600 g/mol. The largest absolute Gasteiger partial charge is 0.439 e. The van der Waals surface area contributed by atoms with E-state index in [1.807, 2.05) is 0 Å². The maximum Gasteiger partial charge on any atom is 0.419 e. The zero-order chi connectivity index (χ0) is 30.7. The number of benzene rings is 2. The number of ether oxygens (including phenoxy) is 2. The van der Waals surface area contributed by atoms with Crippen LogP contribution in [0.1, 0.15) is 11.1 Å². The molecule has 0 spiro atoms. The Morgan fingerprint density at radius 2 is 0.976 bits per heavy atom. The maximum absolute atomic E-state index is 13.6. The Labute approximate surface area is 233 Å². The summed E-state index contributed by atoms with van der Waals surface area (Å²) in [5.74, 6) is -2.85. The van der Waals surface area contributed by atoms with Crippen molar-refractivity contribution < 1.29 is 44.6 Å². The predicted octanol–water partition coefficient (Wildman–Crippen LogP) is 6.74. The van der Waals surface area contributed by atoms with Crippen LogP contribution in [0.15, 0.2) is 61.2 Å². The normalized spacial score (nSPS) is 11.8. The van der Waals surface area contributed by atoms with Crippen LogP contribution in [0, 0.1) is 11.6 Å². The molecule has 2 aromatic heterocycles. The Morgan fingerprint density at radius 3 is 1.33 bits per heavy atom. The van der Waals surface area contributed by atoms with Gasteiger partial charge < -0.3 is 19.3 Å². The van der Waals surface area contributed by atoms with Crippen molar-refractivity contribution in [3.63, 3.8) is 0 Å². The average Bonchev–Trinajstić information content (AvgIpc) is 2.92. The van der Waals surface area contributed by atoms with E-state index in [0.29, 0.717) is 49.0 Å². The lowest BCUT2D eigenvalue weighted by atomic mass is 10.2. The molecule has 0 atom stereocenters. The van der Waals surface area contributed by atoms with Gasteiger partial charge >= 0.3 is 12.4 Å². The van der Waals surface area contributed by atoms with E-state index in [1.54, 1.807) is 23.9 Å². The number of rotatable bonds is 9. The standard InChI is InChI=1S/C26H20F8N6O2/c1-39(21-11-23(37-13-35-21)41-15-3-5-19(27)17(9-15)25(29,30)31)7-8-40(2)22-12-24(38-14-36-22)42-16-4-6-20(28)18(10-16)26(32,33)34/h3-6,9-14H,7-8H2,1-2H3. The van der Waals surface area contributed by atoms with Gasteiger partial charge in [-0.05, 0) is 36.4 Å². The molecular formula is C26H20F8N6O2. The second-order valence-corrected chi connectivity index (χ2v) is 8.75. The van der Waals surface area contributed by atoms with Gasteiger partial charge in [-0.25, -0.2) is 28.7 Å². The van der Waals surface area contributed by atoms with Gasteiger partial charge in [-0.3, -0.25) is 0 Å². The summed E-state index contributed by atoms with van der Waals surface area (Å²) in [6.45, 7) is 0.684. The number of nitrogens with zero attached hydrogens (tertiary/aromatic N) is 6. The summed E-state index contributed by atoms with van der Waals surface area (Å²) in [7, 11) is 3.36. The summed E-state index contributed by atoms with van der Waals surface area (Å²) in [6, 6.07) is 7.18.